The van der Waals surface area contributed by atoms with E-state index in [1.807, 2.05) is 24.1 Å². The highest BCUT2D eigenvalue weighted by atomic mass is 35.5. The highest BCUT2D eigenvalue weighted by molar-refractivity contribution is 6.35. The van der Waals surface area contributed by atoms with Gasteiger partial charge in [-0.2, -0.15) is 0 Å². The third kappa shape index (κ3) is 7.95. The molecule has 1 saturated heterocycles. The van der Waals surface area contributed by atoms with Gasteiger partial charge in [-0.15, -0.1) is 0 Å². The Morgan fingerprint density at radius 2 is 1.74 bits per heavy atom. The number of amides is 2. The molecule has 200 valence electrons. The van der Waals surface area contributed by atoms with Crippen LogP contribution in [0.4, 0.5) is 11.4 Å². The lowest BCUT2D eigenvalue weighted by Crippen LogP contribution is -2.44. The zero-order valence-corrected chi connectivity index (χ0v) is 22.8. The highest BCUT2D eigenvalue weighted by Crippen LogP contribution is 2.24. The molecule has 4 rings (SSSR count). The largest absolute Gasteiger partial charge is 0.392 e. The van der Waals surface area contributed by atoms with Gasteiger partial charge in [-0.05, 0) is 59.9 Å². The molecule has 1 aliphatic heterocycles. The Hall–Kier alpha value is -3.10. The highest BCUT2D eigenvalue weighted by Gasteiger charge is 2.25. The maximum Gasteiger partial charge on any atom is 0.243 e. The molecule has 0 aromatic heterocycles. The molecular formula is C29H32Cl2N4O3. The third-order valence-corrected chi connectivity index (χ3v) is 6.99. The number of rotatable bonds is 10. The number of halogens is 2. The van der Waals surface area contributed by atoms with Crippen molar-refractivity contribution in [3.05, 3.63) is 82.3 Å². The van der Waals surface area contributed by atoms with Gasteiger partial charge < -0.3 is 20.6 Å². The smallest absolute Gasteiger partial charge is 0.243 e. The second-order valence-electron chi connectivity index (χ2n) is 9.48. The SMILES string of the molecule is CNc1cccc(-c2ccc(CCN(CC(=O)Nc3cc(Cl)cc(Cl)c3)C(=O)CN3CC[C@H](O)C3)cc2)c1. The minimum Gasteiger partial charge on any atom is -0.392 e. The molecule has 1 fully saturated rings. The first-order valence-corrected chi connectivity index (χ1v) is 13.4. The molecule has 0 saturated carbocycles. The number of carbonyl (C=O) groups is 2. The standard InChI is InChI=1S/C29H32Cl2N4O3/c1-32-25-4-2-3-22(13-25)21-7-5-20(6-8-21)9-12-35(29(38)19-34-11-10-27(36)17-34)18-28(37)33-26-15-23(30)14-24(31)16-26/h2-8,13-16,27,32,36H,9-12,17-19H2,1H3,(H,33,37)/t27-/m0/s1. The molecule has 7 nitrogen and oxygen atoms in total. The molecule has 9 heteroatoms. The lowest BCUT2D eigenvalue weighted by molar-refractivity contribution is -0.135. The molecule has 1 atom stereocenters. The number of hydrogen-bond acceptors (Lipinski definition) is 5. The van der Waals surface area contributed by atoms with Crippen LogP contribution in [0.25, 0.3) is 11.1 Å². The van der Waals surface area contributed by atoms with Crippen molar-refractivity contribution in [1.82, 2.24) is 9.80 Å². The number of nitrogens with one attached hydrogen (secondary N) is 2. The molecule has 0 unspecified atom stereocenters. The maximum absolute atomic E-state index is 13.2. The van der Waals surface area contributed by atoms with Gasteiger partial charge in [0.1, 0.15) is 0 Å². The number of aliphatic hydroxyl groups is 1. The molecular weight excluding hydrogens is 523 g/mol. The van der Waals surface area contributed by atoms with Crippen LogP contribution in [0.15, 0.2) is 66.7 Å². The zero-order valence-electron chi connectivity index (χ0n) is 21.3. The first-order valence-electron chi connectivity index (χ1n) is 12.6. The van der Waals surface area contributed by atoms with Crippen molar-refractivity contribution in [2.24, 2.45) is 0 Å². The van der Waals surface area contributed by atoms with Crippen LogP contribution in [0.2, 0.25) is 10.0 Å². The summed E-state index contributed by atoms with van der Waals surface area (Å²) in [5.74, 6) is -0.489. The Morgan fingerprint density at radius 3 is 2.39 bits per heavy atom. The summed E-state index contributed by atoms with van der Waals surface area (Å²) in [5, 5.41) is 16.6. The van der Waals surface area contributed by atoms with Crippen molar-refractivity contribution < 1.29 is 14.7 Å². The van der Waals surface area contributed by atoms with Crippen LogP contribution in [-0.4, -0.2) is 72.6 Å². The first-order chi connectivity index (χ1) is 18.3. The second-order valence-corrected chi connectivity index (χ2v) is 10.3. The number of aliphatic hydroxyl groups excluding tert-OH is 1. The van der Waals surface area contributed by atoms with Crippen molar-refractivity contribution in [2.75, 3.05) is 50.4 Å². The van der Waals surface area contributed by atoms with Crippen molar-refractivity contribution >= 4 is 46.4 Å². The van der Waals surface area contributed by atoms with Crippen LogP contribution in [-0.2, 0) is 16.0 Å². The number of nitrogens with zero attached hydrogens (tertiary/aromatic N) is 2. The molecule has 38 heavy (non-hydrogen) atoms. The Bertz CT molecular complexity index is 1250. The molecule has 2 amide bonds. The maximum atomic E-state index is 13.2. The van der Waals surface area contributed by atoms with E-state index in [4.69, 9.17) is 23.2 Å². The van der Waals surface area contributed by atoms with Crippen LogP contribution in [0.5, 0.6) is 0 Å². The normalized spacial score (nSPS) is 15.3. The summed E-state index contributed by atoms with van der Waals surface area (Å²) in [7, 11) is 1.89. The van der Waals surface area contributed by atoms with E-state index in [9.17, 15) is 14.7 Å². The number of anilines is 2. The minimum atomic E-state index is -0.417. The number of benzene rings is 3. The summed E-state index contributed by atoms with van der Waals surface area (Å²) in [5.41, 5.74) is 4.80. The fourth-order valence-electron chi connectivity index (χ4n) is 4.52. The fraction of sp³-hybridized carbons (Fsp3) is 0.310. The van der Waals surface area contributed by atoms with E-state index in [-0.39, 0.29) is 24.9 Å². The summed E-state index contributed by atoms with van der Waals surface area (Å²) in [6.07, 6.45) is 0.827. The van der Waals surface area contributed by atoms with Gasteiger partial charge in [-0.25, -0.2) is 0 Å². The first kappa shape index (κ1) is 27.9. The molecule has 1 heterocycles. The summed E-state index contributed by atoms with van der Waals surface area (Å²) in [6, 6.07) is 21.2. The quantitative estimate of drug-likeness (QED) is 0.336. The lowest BCUT2D eigenvalue weighted by atomic mass is 10.0. The fourth-order valence-corrected chi connectivity index (χ4v) is 5.05. The van der Waals surface area contributed by atoms with Gasteiger partial charge in [0.25, 0.3) is 0 Å². The molecule has 0 aliphatic carbocycles. The van der Waals surface area contributed by atoms with Crippen molar-refractivity contribution in [1.29, 1.82) is 0 Å². The number of hydrogen-bond donors (Lipinski definition) is 3. The van der Waals surface area contributed by atoms with Gasteiger partial charge in [0.05, 0.1) is 19.2 Å². The van der Waals surface area contributed by atoms with Crippen LogP contribution in [0.3, 0.4) is 0 Å². The second kappa shape index (κ2) is 13.1. The van der Waals surface area contributed by atoms with Gasteiger partial charge >= 0.3 is 0 Å². The predicted octanol–water partition coefficient (Wildman–Crippen LogP) is 4.78. The van der Waals surface area contributed by atoms with Crippen molar-refractivity contribution in [3.63, 3.8) is 0 Å². The summed E-state index contributed by atoms with van der Waals surface area (Å²) >= 11 is 12.1. The van der Waals surface area contributed by atoms with Crippen LogP contribution < -0.4 is 10.6 Å². The van der Waals surface area contributed by atoms with E-state index in [0.717, 1.165) is 22.4 Å². The predicted molar refractivity (Wildman–Crippen MR) is 154 cm³/mol. The average Bonchev–Trinajstić information content (AvgIpc) is 3.30. The topological polar surface area (TPSA) is 84.9 Å². The molecule has 0 spiro atoms. The monoisotopic (exact) mass is 554 g/mol. The van der Waals surface area contributed by atoms with E-state index in [0.29, 0.717) is 48.2 Å². The average molecular weight is 556 g/mol. The summed E-state index contributed by atoms with van der Waals surface area (Å²) in [6.45, 7) is 1.56. The Labute approximate surface area is 233 Å². The van der Waals surface area contributed by atoms with Crippen LogP contribution >= 0.6 is 23.2 Å². The number of β-amino-alcohol motifs (C(OH)–C–C–N with tert-alkyl or cyclic N) is 1. The van der Waals surface area contributed by atoms with E-state index in [1.165, 1.54) is 0 Å². The van der Waals surface area contributed by atoms with Gasteiger partial charge in [0.2, 0.25) is 11.8 Å². The van der Waals surface area contributed by atoms with Crippen molar-refractivity contribution in [3.8, 4) is 11.1 Å². The zero-order chi connectivity index (χ0) is 27.1. The lowest BCUT2D eigenvalue weighted by Gasteiger charge is -2.25. The van der Waals surface area contributed by atoms with E-state index in [2.05, 4.69) is 47.0 Å². The van der Waals surface area contributed by atoms with Gasteiger partial charge in [-0.1, -0.05) is 59.6 Å². The Kier molecular flexibility index (Phi) is 9.63. The molecule has 0 radical (unpaired) electrons. The van der Waals surface area contributed by atoms with E-state index >= 15 is 0 Å². The third-order valence-electron chi connectivity index (χ3n) is 6.55. The molecule has 3 N–H and O–H groups in total. The van der Waals surface area contributed by atoms with E-state index < -0.39 is 6.10 Å². The van der Waals surface area contributed by atoms with Gasteiger partial charge in [0, 0.05) is 48.1 Å². The molecule has 0 bridgehead atoms. The van der Waals surface area contributed by atoms with Crippen LogP contribution in [0.1, 0.15) is 12.0 Å². The van der Waals surface area contributed by atoms with Crippen LogP contribution in [0, 0.1) is 0 Å². The Balaban J connectivity index is 1.42. The molecule has 3 aromatic rings. The van der Waals surface area contributed by atoms with Gasteiger partial charge in [0.15, 0.2) is 0 Å². The number of carbonyl (C=O) groups excluding carboxylic acids is 2. The molecule has 1 aliphatic rings. The van der Waals surface area contributed by atoms with Gasteiger partial charge in [-0.3, -0.25) is 14.5 Å². The molecule has 3 aromatic carbocycles. The minimum absolute atomic E-state index is 0.103. The summed E-state index contributed by atoms with van der Waals surface area (Å²) < 4.78 is 0. The van der Waals surface area contributed by atoms with Crippen molar-refractivity contribution in [2.45, 2.75) is 18.9 Å². The summed E-state index contributed by atoms with van der Waals surface area (Å²) in [4.78, 5) is 29.5. The number of likely N-dealkylation sites (tertiary alicyclic amines) is 1. The Morgan fingerprint density at radius 1 is 1.00 bits per heavy atom. The van der Waals surface area contributed by atoms with E-state index in [1.54, 1.807) is 23.1 Å².